The minimum absolute atomic E-state index is 0.236. The number of hydrogen-bond acceptors (Lipinski definition) is 4. The molecule has 17 heavy (non-hydrogen) atoms. The molecule has 3 atom stereocenters. The van der Waals surface area contributed by atoms with Gasteiger partial charge in [-0.25, -0.2) is 4.79 Å². The van der Waals surface area contributed by atoms with Crippen LogP contribution in [0.1, 0.15) is 33.6 Å². The highest BCUT2D eigenvalue weighted by Crippen LogP contribution is 2.28. The van der Waals surface area contributed by atoms with Gasteiger partial charge in [0.15, 0.2) is 0 Å². The van der Waals surface area contributed by atoms with Crippen molar-refractivity contribution in [2.75, 3.05) is 0 Å². The van der Waals surface area contributed by atoms with Crippen molar-refractivity contribution < 1.29 is 24.5 Å². The fraction of sp³-hybridized carbons (Fsp3) is 0.818. The Kier molecular flexibility index (Phi) is 3.98. The first-order valence-corrected chi connectivity index (χ1v) is 5.59. The van der Waals surface area contributed by atoms with E-state index in [4.69, 9.17) is 9.84 Å². The first-order chi connectivity index (χ1) is 7.69. The summed E-state index contributed by atoms with van der Waals surface area (Å²) in [6.07, 6.45) is -1.51. The Morgan fingerprint density at radius 2 is 1.88 bits per heavy atom. The molecule has 0 radical (unpaired) electrons. The molecule has 1 aliphatic carbocycles. The van der Waals surface area contributed by atoms with Gasteiger partial charge in [-0.1, -0.05) is 0 Å². The van der Waals surface area contributed by atoms with Gasteiger partial charge in [-0.05, 0) is 33.6 Å². The molecule has 0 spiro atoms. The maximum atomic E-state index is 11.7. The summed E-state index contributed by atoms with van der Waals surface area (Å²) in [6, 6.07) is -0.593. The van der Waals surface area contributed by atoms with Crippen molar-refractivity contribution in [3.05, 3.63) is 0 Å². The molecule has 0 aromatic heterocycles. The average molecular weight is 245 g/mol. The smallest absolute Gasteiger partial charge is 0.404 e. The topological polar surface area (TPSA) is 95.9 Å². The predicted molar refractivity (Wildman–Crippen MR) is 59.5 cm³/mol. The third-order valence-corrected chi connectivity index (χ3v) is 2.58. The number of ether oxygens (including phenoxy) is 1. The molecule has 6 heteroatoms. The normalized spacial score (nSPS) is 28.8. The third kappa shape index (κ3) is 4.22. The van der Waals surface area contributed by atoms with Crippen LogP contribution in [0.5, 0.6) is 0 Å². The van der Waals surface area contributed by atoms with Crippen LogP contribution in [0, 0.1) is 5.92 Å². The van der Waals surface area contributed by atoms with Gasteiger partial charge in [0.25, 0.3) is 0 Å². The molecule has 1 saturated carbocycles. The Morgan fingerprint density at radius 1 is 1.29 bits per heavy atom. The van der Waals surface area contributed by atoms with E-state index in [2.05, 4.69) is 5.32 Å². The van der Waals surface area contributed by atoms with Crippen LogP contribution in [-0.4, -0.2) is 40.0 Å². The van der Waals surface area contributed by atoms with Crippen molar-refractivity contribution >= 4 is 12.1 Å². The summed E-state index contributed by atoms with van der Waals surface area (Å²) in [6.45, 7) is 5.30. The molecule has 98 valence electrons. The van der Waals surface area contributed by atoms with Crippen LogP contribution < -0.4 is 5.32 Å². The molecule has 0 heterocycles. The number of carboxylic acid groups (broad SMARTS) is 1. The zero-order chi connectivity index (χ0) is 13.2. The highest BCUT2D eigenvalue weighted by atomic mass is 16.6. The molecule has 0 saturated heterocycles. The fourth-order valence-electron chi connectivity index (χ4n) is 1.91. The molecule has 0 aromatic carbocycles. The van der Waals surface area contributed by atoms with Gasteiger partial charge in [-0.15, -0.1) is 0 Å². The number of hydrogen-bond donors (Lipinski definition) is 3. The highest BCUT2D eigenvalue weighted by molar-refractivity contribution is 5.74. The molecule has 6 nitrogen and oxygen atoms in total. The third-order valence-electron chi connectivity index (χ3n) is 2.58. The molecule has 1 fully saturated rings. The Bertz CT molecular complexity index is 309. The second kappa shape index (κ2) is 4.91. The molecular formula is C11H19NO5. The molecule has 0 aromatic rings. The first-order valence-electron chi connectivity index (χ1n) is 5.59. The van der Waals surface area contributed by atoms with Gasteiger partial charge in [-0.2, -0.15) is 0 Å². The van der Waals surface area contributed by atoms with E-state index < -0.39 is 29.8 Å². The molecule has 0 bridgehead atoms. The van der Waals surface area contributed by atoms with Crippen LogP contribution >= 0.6 is 0 Å². The molecule has 0 aliphatic heterocycles. The van der Waals surface area contributed by atoms with Crippen LogP contribution in [0.25, 0.3) is 0 Å². The van der Waals surface area contributed by atoms with E-state index in [1.165, 1.54) is 0 Å². The van der Waals surface area contributed by atoms with Crippen molar-refractivity contribution in [2.24, 2.45) is 5.92 Å². The second-order valence-electron chi connectivity index (χ2n) is 5.33. The van der Waals surface area contributed by atoms with Gasteiger partial charge in [0.1, 0.15) is 5.60 Å². The SMILES string of the molecule is CC(C)(C)OC(=O)[C@@H]1C[C@@H](O)[C@H](NC(=O)O)C1. The number of esters is 1. The van der Waals surface area contributed by atoms with E-state index >= 15 is 0 Å². The van der Waals surface area contributed by atoms with Crippen LogP contribution in [0.4, 0.5) is 4.79 Å². The monoisotopic (exact) mass is 245 g/mol. The number of aliphatic hydroxyl groups excluding tert-OH is 1. The van der Waals surface area contributed by atoms with Crippen molar-refractivity contribution in [3.8, 4) is 0 Å². The number of carbonyl (C=O) groups is 2. The Morgan fingerprint density at radius 3 is 2.35 bits per heavy atom. The summed E-state index contributed by atoms with van der Waals surface area (Å²) in [4.78, 5) is 22.2. The summed E-state index contributed by atoms with van der Waals surface area (Å²) < 4.78 is 5.20. The van der Waals surface area contributed by atoms with Crippen molar-refractivity contribution in [1.29, 1.82) is 0 Å². The molecule has 1 aliphatic rings. The van der Waals surface area contributed by atoms with Crippen LogP contribution in [-0.2, 0) is 9.53 Å². The van der Waals surface area contributed by atoms with Crippen molar-refractivity contribution in [1.82, 2.24) is 5.32 Å². The summed E-state index contributed by atoms with van der Waals surface area (Å²) in [7, 11) is 0. The Balaban J connectivity index is 2.53. The predicted octanol–water partition coefficient (Wildman–Crippen LogP) is 0.735. The molecular weight excluding hydrogens is 226 g/mol. The summed E-state index contributed by atoms with van der Waals surface area (Å²) in [5.41, 5.74) is -0.569. The average Bonchev–Trinajstić information content (AvgIpc) is 2.44. The Labute approximate surface area is 100.0 Å². The minimum Gasteiger partial charge on any atom is -0.465 e. The van der Waals surface area contributed by atoms with E-state index in [0.29, 0.717) is 0 Å². The quantitative estimate of drug-likeness (QED) is 0.623. The molecule has 3 N–H and O–H groups in total. The lowest BCUT2D eigenvalue weighted by atomic mass is 10.1. The highest BCUT2D eigenvalue weighted by Gasteiger charge is 2.39. The molecule has 1 rings (SSSR count). The van der Waals surface area contributed by atoms with Gasteiger partial charge < -0.3 is 20.3 Å². The van der Waals surface area contributed by atoms with Crippen molar-refractivity contribution in [3.63, 3.8) is 0 Å². The standard InChI is InChI=1S/C11H19NO5/c1-11(2,3)17-9(14)6-4-7(8(13)5-6)12-10(15)16/h6-8,12-13H,4-5H2,1-3H3,(H,15,16)/t6-,7+,8+/m0/s1. The van der Waals surface area contributed by atoms with Crippen molar-refractivity contribution in [2.45, 2.75) is 51.4 Å². The van der Waals surface area contributed by atoms with E-state index in [0.717, 1.165) is 0 Å². The summed E-state index contributed by atoms with van der Waals surface area (Å²) in [5, 5.41) is 20.4. The molecule has 0 unspecified atom stereocenters. The summed E-state index contributed by atoms with van der Waals surface area (Å²) in [5.74, 6) is -0.827. The lowest BCUT2D eigenvalue weighted by Crippen LogP contribution is -2.39. The van der Waals surface area contributed by atoms with E-state index in [-0.39, 0.29) is 18.8 Å². The lowest BCUT2D eigenvalue weighted by molar-refractivity contribution is -0.160. The fourth-order valence-corrected chi connectivity index (χ4v) is 1.91. The maximum absolute atomic E-state index is 11.7. The van der Waals surface area contributed by atoms with Gasteiger partial charge in [0.05, 0.1) is 18.1 Å². The largest absolute Gasteiger partial charge is 0.465 e. The second-order valence-corrected chi connectivity index (χ2v) is 5.33. The summed E-state index contributed by atoms with van der Waals surface area (Å²) >= 11 is 0. The van der Waals surface area contributed by atoms with Gasteiger partial charge in [0, 0.05) is 0 Å². The number of rotatable bonds is 2. The Hall–Kier alpha value is -1.30. The van der Waals surface area contributed by atoms with E-state index in [1.807, 2.05) is 0 Å². The number of nitrogens with one attached hydrogen (secondary N) is 1. The minimum atomic E-state index is -1.20. The van der Waals surface area contributed by atoms with Gasteiger partial charge in [0.2, 0.25) is 0 Å². The zero-order valence-corrected chi connectivity index (χ0v) is 10.3. The van der Waals surface area contributed by atoms with Gasteiger partial charge >= 0.3 is 12.1 Å². The van der Waals surface area contributed by atoms with E-state index in [9.17, 15) is 14.7 Å². The van der Waals surface area contributed by atoms with E-state index in [1.54, 1.807) is 20.8 Å². The lowest BCUT2D eigenvalue weighted by Gasteiger charge is -2.21. The number of amides is 1. The van der Waals surface area contributed by atoms with Crippen LogP contribution in [0.3, 0.4) is 0 Å². The zero-order valence-electron chi connectivity index (χ0n) is 10.3. The maximum Gasteiger partial charge on any atom is 0.404 e. The number of aliphatic hydroxyl groups is 1. The van der Waals surface area contributed by atoms with Gasteiger partial charge in [-0.3, -0.25) is 4.79 Å². The molecule has 1 amide bonds. The van der Waals surface area contributed by atoms with Crippen LogP contribution in [0.2, 0.25) is 0 Å². The van der Waals surface area contributed by atoms with Crippen LogP contribution in [0.15, 0.2) is 0 Å². The first kappa shape index (κ1) is 13.8. The number of carbonyl (C=O) groups excluding carboxylic acids is 1.